The monoisotopic (exact) mass is 258 g/mol. The van der Waals surface area contributed by atoms with Gasteiger partial charge in [-0.2, -0.15) is 0 Å². The maximum absolute atomic E-state index is 8.81. The third kappa shape index (κ3) is 2.70. The van der Waals surface area contributed by atoms with Crippen molar-refractivity contribution in [1.82, 2.24) is 0 Å². The van der Waals surface area contributed by atoms with E-state index in [1.807, 2.05) is 30.1 Å². The molecule has 1 aromatic carbocycles. The molecule has 0 unspecified atom stereocenters. The van der Waals surface area contributed by atoms with Crippen molar-refractivity contribution in [3.63, 3.8) is 0 Å². The Labute approximate surface area is 92.7 Å². The molecule has 78 valence electrons. The highest BCUT2D eigenvalue weighted by Crippen LogP contribution is 2.26. The number of halogens is 1. The molecule has 0 bridgehead atoms. The minimum absolute atomic E-state index is 0.154. The van der Waals surface area contributed by atoms with Gasteiger partial charge in [0.25, 0.3) is 0 Å². The fourth-order valence-electron chi connectivity index (χ4n) is 1.26. The minimum atomic E-state index is 0.154. The average molecular weight is 259 g/mol. The van der Waals surface area contributed by atoms with Gasteiger partial charge in [0.1, 0.15) is 0 Å². The minimum Gasteiger partial charge on any atom is -0.395 e. The third-order valence-electron chi connectivity index (χ3n) is 2.09. The lowest BCUT2D eigenvalue weighted by molar-refractivity contribution is 0.304. The first-order valence-corrected chi connectivity index (χ1v) is 5.29. The molecule has 1 rings (SSSR count). The highest BCUT2D eigenvalue weighted by molar-refractivity contribution is 9.10. The van der Waals surface area contributed by atoms with Crippen molar-refractivity contribution < 1.29 is 5.11 Å². The van der Waals surface area contributed by atoms with E-state index in [-0.39, 0.29) is 6.61 Å². The van der Waals surface area contributed by atoms with Crippen LogP contribution in [0.25, 0.3) is 0 Å². The third-order valence-corrected chi connectivity index (χ3v) is 2.73. The standard InChI is InChI=1S/C10H15BrN2O/c1-13(4-5-14)10-3-2-8(7-12)6-9(10)11/h2-3,6,14H,4-5,7,12H2,1H3. The van der Waals surface area contributed by atoms with Crippen molar-refractivity contribution in [2.45, 2.75) is 6.54 Å². The normalized spacial score (nSPS) is 10.3. The van der Waals surface area contributed by atoms with Gasteiger partial charge < -0.3 is 15.7 Å². The molecule has 0 saturated heterocycles. The largest absolute Gasteiger partial charge is 0.395 e. The number of nitrogens with two attached hydrogens (primary N) is 1. The van der Waals surface area contributed by atoms with Crippen LogP contribution in [0.3, 0.4) is 0 Å². The maximum Gasteiger partial charge on any atom is 0.0606 e. The second-order valence-corrected chi connectivity index (χ2v) is 3.99. The number of anilines is 1. The van der Waals surface area contributed by atoms with Gasteiger partial charge in [-0.15, -0.1) is 0 Å². The molecule has 0 aliphatic carbocycles. The quantitative estimate of drug-likeness (QED) is 0.857. The summed E-state index contributed by atoms with van der Waals surface area (Å²) in [5.41, 5.74) is 7.69. The van der Waals surface area contributed by atoms with Crippen molar-refractivity contribution in [1.29, 1.82) is 0 Å². The van der Waals surface area contributed by atoms with E-state index in [1.165, 1.54) is 0 Å². The van der Waals surface area contributed by atoms with Crippen molar-refractivity contribution in [2.24, 2.45) is 5.73 Å². The number of hydrogen-bond acceptors (Lipinski definition) is 3. The van der Waals surface area contributed by atoms with E-state index in [1.54, 1.807) is 0 Å². The zero-order valence-corrected chi connectivity index (χ0v) is 9.79. The van der Waals surface area contributed by atoms with E-state index in [0.29, 0.717) is 13.1 Å². The van der Waals surface area contributed by atoms with Gasteiger partial charge in [-0.3, -0.25) is 0 Å². The summed E-state index contributed by atoms with van der Waals surface area (Å²) in [5, 5.41) is 8.81. The summed E-state index contributed by atoms with van der Waals surface area (Å²) in [6.45, 7) is 1.32. The molecule has 0 saturated carbocycles. The molecule has 0 fully saturated rings. The topological polar surface area (TPSA) is 49.5 Å². The second-order valence-electron chi connectivity index (χ2n) is 3.14. The summed E-state index contributed by atoms with van der Waals surface area (Å²) in [5.74, 6) is 0. The Morgan fingerprint density at radius 3 is 2.71 bits per heavy atom. The number of aliphatic hydroxyl groups excluding tert-OH is 1. The molecule has 4 heteroatoms. The van der Waals surface area contributed by atoms with Gasteiger partial charge >= 0.3 is 0 Å². The average Bonchev–Trinajstić information content (AvgIpc) is 2.17. The molecule has 3 nitrogen and oxygen atoms in total. The van der Waals surface area contributed by atoms with Crippen LogP contribution >= 0.6 is 15.9 Å². The van der Waals surface area contributed by atoms with Crippen LogP contribution in [0, 0.1) is 0 Å². The summed E-state index contributed by atoms with van der Waals surface area (Å²) in [6.07, 6.45) is 0. The van der Waals surface area contributed by atoms with E-state index in [9.17, 15) is 0 Å². The number of benzene rings is 1. The van der Waals surface area contributed by atoms with Crippen LogP contribution in [0.5, 0.6) is 0 Å². The molecule has 0 amide bonds. The number of aliphatic hydroxyl groups is 1. The molecule has 0 aliphatic rings. The molecular weight excluding hydrogens is 244 g/mol. The smallest absolute Gasteiger partial charge is 0.0606 e. The molecule has 1 aromatic rings. The molecule has 14 heavy (non-hydrogen) atoms. The van der Waals surface area contributed by atoms with Gasteiger partial charge in [-0.25, -0.2) is 0 Å². The molecule has 0 aromatic heterocycles. The maximum atomic E-state index is 8.81. The van der Waals surface area contributed by atoms with Gasteiger partial charge in [-0.1, -0.05) is 6.07 Å². The highest BCUT2D eigenvalue weighted by Gasteiger charge is 2.05. The number of hydrogen-bond donors (Lipinski definition) is 2. The Hall–Kier alpha value is -0.580. The Bertz CT molecular complexity index is 304. The number of rotatable bonds is 4. The van der Waals surface area contributed by atoms with Crippen LogP contribution in [-0.2, 0) is 6.54 Å². The van der Waals surface area contributed by atoms with Gasteiger partial charge in [0.15, 0.2) is 0 Å². The summed E-state index contributed by atoms with van der Waals surface area (Å²) < 4.78 is 1.01. The molecule has 0 heterocycles. The zero-order valence-electron chi connectivity index (χ0n) is 8.20. The van der Waals surface area contributed by atoms with Crippen LogP contribution < -0.4 is 10.6 Å². The fraction of sp³-hybridized carbons (Fsp3) is 0.400. The lowest BCUT2D eigenvalue weighted by atomic mass is 10.2. The molecule has 0 aliphatic heterocycles. The first-order chi connectivity index (χ1) is 6.69. The van der Waals surface area contributed by atoms with Crippen molar-refractivity contribution >= 4 is 21.6 Å². The number of nitrogens with zero attached hydrogens (tertiary/aromatic N) is 1. The van der Waals surface area contributed by atoms with E-state index >= 15 is 0 Å². The van der Waals surface area contributed by atoms with Crippen LogP contribution in [-0.4, -0.2) is 25.3 Å². The van der Waals surface area contributed by atoms with E-state index in [4.69, 9.17) is 10.8 Å². The summed E-state index contributed by atoms with van der Waals surface area (Å²) in [4.78, 5) is 1.99. The molecule has 3 N–H and O–H groups in total. The lowest BCUT2D eigenvalue weighted by Crippen LogP contribution is -2.21. The first-order valence-electron chi connectivity index (χ1n) is 4.49. The van der Waals surface area contributed by atoms with E-state index in [2.05, 4.69) is 15.9 Å². The Morgan fingerprint density at radius 1 is 1.50 bits per heavy atom. The van der Waals surface area contributed by atoms with Gasteiger partial charge in [0, 0.05) is 24.6 Å². The highest BCUT2D eigenvalue weighted by atomic mass is 79.9. The summed E-state index contributed by atoms with van der Waals surface area (Å²) in [6, 6.07) is 6.00. The summed E-state index contributed by atoms with van der Waals surface area (Å²) in [7, 11) is 1.94. The van der Waals surface area contributed by atoms with Crippen molar-refractivity contribution in [3.05, 3.63) is 28.2 Å². The molecule has 0 atom stereocenters. The summed E-state index contributed by atoms with van der Waals surface area (Å²) >= 11 is 3.48. The molecule has 0 radical (unpaired) electrons. The Morgan fingerprint density at radius 2 is 2.21 bits per heavy atom. The van der Waals surface area contributed by atoms with Crippen molar-refractivity contribution in [3.8, 4) is 0 Å². The predicted octanol–water partition coefficient (Wildman–Crippen LogP) is 1.34. The van der Waals surface area contributed by atoms with Crippen LogP contribution in [0.4, 0.5) is 5.69 Å². The zero-order chi connectivity index (χ0) is 10.6. The van der Waals surface area contributed by atoms with Gasteiger partial charge in [0.2, 0.25) is 0 Å². The fourth-order valence-corrected chi connectivity index (χ4v) is 1.99. The predicted molar refractivity (Wildman–Crippen MR) is 62.4 cm³/mol. The van der Waals surface area contributed by atoms with Gasteiger partial charge in [0.05, 0.1) is 12.3 Å². The molecular formula is C10H15BrN2O. The van der Waals surface area contributed by atoms with Crippen LogP contribution in [0.15, 0.2) is 22.7 Å². The van der Waals surface area contributed by atoms with Gasteiger partial charge in [-0.05, 0) is 33.6 Å². The first kappa shape index (κ1) is 11.5. The van der Waals surface area contributed by atoms with E-state index < -0.39 is 0 Å². The lowest BCUT2D eigenvalue weighted by Gasteiger charge is -2.19. The second kappa shape index (κ2) is 5.34. The van der Waals surface area contributed by atoms with Crippen molar-refractivity contribution in [2.75, 3.05) is 25.1 Å². The SMILES string of the molecule is CN(CCO)c1ccc(CN)cc1Br. The number of likely N-dealkylation sites (N-methyl/N-ethyl adjacent to an activating group) is 1. The Kier molecular flexibility index (Phi) is 4.38. The van der Waals surface area contributed by atoms with Crippen LogP contribution in [0.2, 0.25) is 0 Å². The molecule has 0 spiro atoms. The Balaban J connectivity index is 2.88. The van der Waals surface area contributed by atoms with E-state index in [0.717, 1.165) is 15.7 Å². The van der Waals surface area contributed by atoms with Crippen LogP contribution in [0.1, 0.15) is 5.56 Å².